The lowest BCUT2D eigenvalue weighted by atomic mass is 9.64. The van der Waals surface area contributed by atoms with Crippen molar-refractivity contribution in [2.45, 2.75) is 17.7 Å². The maximum atomic E-state index is 14.5. The minimum Gasteiger partial charge on any atom is -0.404 e. The van der Waals surface area contributed by atoms with Crippen LogP contribution in [-0.2, 0) is 10.0 Å². The van der Waals surface area contributed by atoms with Gasteiger partial charge in [0.15, 0.2) is 5.78 Å². The molecule has 1 aromatic heterocycles. The number of carbonyl (C=O) groups is 1. The Hall–Kier alpha value is -4.02. The molecule has 1 saturated heterocycles. The van der Waals surface area contributed by atoms with Crippen LogP contribution in [0.25, 0.3) is 0 Å². The molecule has 194 valence electrons. The van der Waals surface area contributed by atoms with E-state index < -0.39 is 32.0 Å². The van der Waals surface area contributed by atoms with Crippen molar-refractivity contribution in [2.75, 3.05) is 13.1 Å². The molecule has 1 fully saturated rings. The maximum Gasteiger partial charge on any atom is 0.246 e. The monoisotopic (exact) mass is 534 g/mol. The molecule has 0 bridgehead atoms. The van der Waals surface area contributed by atoms with Crippen molar-refractivity contribution in [3.8, 4) is 0 Å². The molecular formula is C28H24F2N4O3S. The number of halogens is 2. The van der Waals surface area contributed by atoms with Gasteiger partial charge in [0.2, 0.25) is 10.0 Å². The summed E-state index contributed by atoms with van der Waals surface area (Å²) >= 11 is 0. The summed E-state index contributed by atoms with van der Waals surface area (Å²) in [6.45, 7) is -0.169. The van der Waals surface area contributed by atoms with E-state index in [0.29, 0.717) is 22.5 Å². The number of pyridine rings is 1. The lowest BCUT2D eigenvalue weighted by molar-refractivity contribution is 0.0770. The van der Waals surface area contributed by atoms with Crippen LogP contribution in [0.5, 0.6) is 0 Å². The van der Waals surface area contributed by atoms with Gasteiger partial charge in [-0.25, -0.2) is 22.2 Å². The standard InChI is InChI=1S/C28H24F2N4O3S/c29-21-8-10-22(11-9-21)33-25-15-20-12-14-34(38(36,37)26-7-2-1-5-23(26)30)18-28(20,16-19(25)17-31)27(35)24-6-3-4-13-32-24/h1-11,13,15,17H,12,14,16,18,31H2/b19-17-,33-25?/t28-/m0/s1. The van der Waals surface area contributed by atoms with Crippen molar-refractivity contribution in [1.29, 1.82) is 0 Å². The number of rotatable bonds is 5. The number of ketones is 1. The molecule has 0 spiro atoms. The Bertz CT molecular complexity index is 1590. The van der Waals surface area contributed by atoms with Crippen LogP contribution in [0.15, 0.2) is 106 Å². The van der Waals surface area contributed by atoms with Gasteiger partial charge in [0.05, 0.1) is 16.8 Å². The largest absolute Gasteiger partial charge is 0.404 e. The van der Waals surface area contributed by atoms with E-state index in [0.717, 1.165) is 10.4 Å². The second kappa shape index (κ2) is 10.0. The number of sulfonamides is 1. The number of Topliss-reactive ketones (excluding diaryl/α,β-unsaturated/α-hetero) is 1. The molecular weight excluding hydrogens is 510 g/mol. The van der Waals surface area contributed by atoms with Crippen molar-refractivity contribution in [3.63, 3.8) is 0 Å². The van der Waals surface area contributed by atoms with Crippen molar-refractivity contribution in [2.24, 2.45) is 16.1 Å². The van der Waals surface area contributed by atoms with E-state index in [4.69, 9.17) is 5.73 Å². The first-order valence-electron chi connectivity index (χ1n) is 11.9. The highest BCUT2D eigenvalue weighted by molar-refractivity contribution is 7.89. The first-order valence-corrected chi connectivity index (χ1v) is 13.4. The number of hydrogen-bond donors (Lipinski definition) is 1. The third-order valence-corrected chi connectivity index (χ3v) is 8.77. The average Bonchev–Trinajstić information content (AvgIpc) is 2.93. The Morgan fingerprint density at radius 3 is 2.47 bits per heavy atom. The van der Waals surface area contributed by atoms with Crippen LogP contribution < -0.4 is 5.73 Å². The van der Waals surface area contributed by atoms with Crippen LogP contribution >= 0.6 is 0 Å². The van der Waals surface area contributed by atoms with E-state index in [9.17, 15) is 22.0 Å². The zero-order chi connectivity index (χ0) is 26.9. The quantitative estimate of drug-likeness (QED) is 0.483. The van der Waals surface area contributed by atoms with Crippen LogP contribution in [0.1, 0.15) is 23.3 Å². The van der Waals surface area contributed by atoms with Gasteiger partial charge in [-0.2, -0.15) is 4.31 Å². The number of nitrogens with two attached hydrogens (primary N) is 1. The van der Waals surface area contributed by atoms with Crippen molar-refractivity contribution < 1.29 is 22.0 Å². The summed E-state index contributed by atoms with van der Waals surface area (Å²) in [6.07, 6.45) is 4.86. The number of allylic oxidation sites excluding steroid dienone is 2. The number of hydrogen-bond acceptors (Lipinski definition) is 6. The number of aliphatic imine (C=N–C) groups is 1. The fourth-order valence-electron chi connectivity index (χ4n) is 4.96. The number of fused-ring (bicyclic) bond motifs is 1. The van der Waals surface area contributed by atoms with Gasteiger partial charge in [-0.1, -0.05) is 23.8 Å². The molecule has 2 aliphatic rings. The van der Waals surface area contributed by atoms with Crippen LogP contribution in [0.3, 0.4) is 0 Å². The van der Waals surface area contributed by atoms with E-state index >= 15 is 0 Å². The Morgan fingerprint density at radius 1 is 1.05 bits per heavy atom. The molecule has 3 aromatic rings. The van der Waals surface area contributed by atoms with Gasteiger partial charge in [-0.3, -0.25) is 9.78 Å². The summed E-state index contributed by atoms with van der Waals surface area (Å²) in [4.78, 5) is 22.4. The summed E-state index contributed by atoms with van der Waals surface area (Å²) < 4.78 is 56.1. The van der Waals surface area contributed by atoms with Crippen LogP contribution in [0.2, 0.25) is 0 Å². The minimum atomic E-state index is -4.25. The van der Waals surface area contributed by atoms with E-state index in [1.54, 1.807) is 24.3 Å². The smallest absolute Gasteiger partial charge is 0.246 e. The molecule has 38 heavy (non-hydrogen) atoms. The molecule has 1 aliphatic heterocycles. The number of benzene rings is 2. The number of aromatic nitrogens is 1. The summed E-state index contributed by atoms with van der Waals surface area (Å²) in [5.74, 6) is -1.62. The summed E-state index contributed by atoms with van der Waals surface area (Å²) in [5, 5.41) is 0. The Balaban J connectivity index is 1.63. The first kappa shape index (κ1) is 25.6. The molecule has 5 rings (SSSR count). The van der Waals surface area contributed by atoms with E-state index in [1.807, 2.05) is 0 Å². The predicted molar refractivity (Wildman–Crippen MR) is 139 cm³/mol. The Labute approximate surface area is 219 Å². The Morgan fingerprint density at radius 2 is 1.79 bits per heavy atom. The van der Waals surface area contributed by atoms with Crippen LogP contribution in [0.4, 0.5) is 14.5 Å². The van der Waals surface area contributed by atoms with Crippen LogP contribution in [0, 0.1) is 17.0 Å². The predicted octanol–water partition coefficient (Wildman–Crippen LogP) is 4.57. The Kier molecular flexibility index (Phi) is 6.77. The molecule has 0 unspecified atom stereocenters. The van der Waals surface area contributed by atoms with Crippen LogP contribution in [-0.4, -0.2) is 42.3 Å². The highest BCUT2D eigenvalue weighted by Crippen LogP contribution is 2.47. The van der Waals surface area contributed by atoms with Crippen molar-refractivity contribution in [3.05, 3.63) is 114 Å². The highest BCUT2D eigenvalue weighted by Gasteiger charge is 2.51. The van der Waals surface area contributed by atoms with Gasteiger partial charge in [-0.15, -0.1) is 0 Å². The molecule has 0 amide bonds. The third kappa shape index (κ3) is 4.57. The SMILES string of the molecule is N/C=C1/C[C@]2(C(=O)c3ccccn3)CN(S(=O)(=O)c3ccccc3F)CCC2=CC1=Nc1ccc(F)cc1. The van der Waals surface area contributed by atoms with Gasteiger partial charge < -0.3 is 5.73 Å². The highest BCUT2D eigenvalue weighted by atomic mass is 32.2. The maximum absolute atomic E-state index is 14.5. The van der Waals surface area contributed by atoms with E-state index in [-0.39, 0.29) is 37.4 Å². The van der Waals surface area contributed by atoms with Gasteiger partial charge in [0.25, 0.3) is 0 Å². The minimum absolute atomic E-state index is 0.0469. The zero-order valence-electron chi connectivity index (χ0n) is 20.2. The molecule has 7 nitrogen and oxygen atoms in total. The third-order valence-electron chi connectivity index (χ3n) is 6.89. The summed E-state index contributed by atoms with van der Waals surface area (Å²) in [5.41, 5.74) is 7.05. The van der Waals surface area contributed by atoms with Gasteiger partial charge >= 0.3 is 0 Å². The van der Waals surface area contributed by atoms with Gasteiger partial charge in [0, 0.05) is 19.3 Å². The first-order chi connectivity index (χ1) is 18.2. The second-order valence-corrected chi connectivity index (χ2v) is 11.1. The fourth-order valence-corrected chi connectivity index (χ4v) is 6.53. The lowest BCUT2D eigenvalue weighted by Gasteiger charge is -2.45. The summed E-state index contributed by atoms with van der Waals surface area (Å²) in [7, 11) is -4.25. The van der Waals surface area contributed by atoms with E-state index in [2.05, 4.69) is 9.98 Å². The summed E-state index contributed by atoms with van der Waals surface area (Å²) in [6, 6.07) is 15.7. The molecule has 2 aromatic carbocycles. The topological polar surface area (TPSA) is 106 Å². The normalized spacial score (nSPS) is 22.2. The number of carbonyl (C=O) groups excluding carboxylic acids is 1. The number of piperidine rings is 1. The lowest BCUT2D eigenvalue weighted by Crippen LogP contribution is -2.53. The van der Waals surface area contributed by atoms with Crippen molar-refractivity contribution >= 4 is 27.2 Å². The molecule has 0 radical (unpaired) electrons. The fraction of sp³-hybridized carbons (Fsp3) is 0.179. The van der Waals surface area contributed by atoms with Gasteiger partial charge in [-0.05, 0) is 79.2 Å². The molecule has 1 aliphatic carbocycles. The zero-order valence-corrected chi connectivity index (χ0v) is 21.0. The molecule has 0 saturated carbocycles. The second-order valence-electron chi connectivity index (χ2n) is 9.16. The van der Waals surface area contributed by atoms with E-state index in [1.165, 1.54) is 54.9 Å². The van der Waals surface area contributed by atoms with Crippen molar-refractivity contribution in [1.82, 2.24) is 9.29 Å². The average molecular weight is 535 g/mol. The van der Waals surface area contributed by atoms with Gasteiger partial charge in [0.1, 0.15) is 22.2 Å². The number of nitrogens with zero attached hydrogens (tertiary/aromatic N) is 3. The molecule has 2 N–H and O–H groups in total. The molecule has 2 heterocycles. The molecule has 10 heteroatoms. The molecule has 1 atom stereocenters.